The molecule has 1 aromatic carbocycles. The molecule has 1 saturated carbocycles. The molecule has 2 fully saturated rings. The van der Waals surface area contributed by atoms with Crippen LogP contribution in [0, 0.1) is 5.92 Å². The van der Waals surface area contributed by atoms with Gasteiger partial charge in [-0.2, -0.15) is 0 Å². The summed E-state index contributed by atoms with van der Waals surface area (Å²) in [6.07, 6.45) is 8.08. The van der Waals surface area contributed by atoms with Crippen molar-refractivity contribution in [2.24, 2.45) is 5.92 Å². The molecule has 3 N–H and O–H groups in total. The summed E-state index contributed by atoms with van der Waals surface area (Å²) in [6.45, 7) is 3.26. The van der Waals surface area contributed by atoms with E-state index in [1.165, 1.54) is 48.9 Å². The third-order valence-corrected chi connectivity index (χ3v) is 5.90. The monoisotopic (exact) mass is 327 g/mol. The van der Waals surface area contributed by atoms with E-state index in [0.717, 1.165) is 19.4 Å². The highest BCUT2D eigenvalue weighted by atomic mass is 16.2. The van der Waals surface area contributed by atoms with Crippen molar-refractivity contribution in [3.63, 3.8) is 0 Å². The van der Waals surface area contributed by atoms with E-state index in [-0.39, 0.29) is 11.9 Å². The summed E-state index contributed by atoms with van der Waals surface area (Å²) < 4.78 is 0. The van der Waals surface area contributed by atoms with Gasteiger partial charge in [-0.15, -0.1) is 0 Å². The van der Waals surface area contributed by atoms with Gasteiger partial charge in [0.25, 0.3) is 0 Å². The number of nitrogens with one attached hydrogen (secondary N) is 3. The minimum atomic E-state index is -0.113. The summed E-state index contributed by atoms with van der Waals surface area (Å²) in [5.41, 5.74) is 3.79. The first-order valence-electron chi connectivity index (χ1n) is 9.67. The van der Waals surface area contributed by atoms with E-state index in [0.29, 0.717) is 18.0 Å². The van der Waals surface area contributed by atoms with Crippen LogP contribution in [0.1, 0.15) is 50.2 Å². The molecule has 0 bridgehead atoms. The van der Waals surface area contributed by atoms with E-state index in [2.05, 4.69) is 41.1 Å². The molecule has 24 heavy (non-hydrogen) atoms. The molecule has 4 nitrogen and oxygen atoms in total. The number of aryl methyl sites for hydroxylation is 1. The van der Waals surface area contributed by atoms with Gasteiger partial charge in [0.15, 0.2) is 0 Å². The van der Waals surface area contributed by atoms with E-state index in [1.54, 1.807) is 0 Å². The zero-order valence-electron chi connectivity index (χ0n) is 14.6. The van der Waals surface area contributed by atoms with Gasteiger partial charge < -0.3 is 16.0 Å². The molecule has 3 unspecified atom stereocenters. The smallest absolute Gasteiger partial charge is 0.243 e. The number of rotatable bonds is 5. The van der Waals surface area contributed by atoms with E-state index in [9.17, 15) is 4.79 Å². The molecule has 1 amide bonds. The zero-order chi connectivity index (χ0) is 16.5. The molecule has 0 spiro atoms. The second kappa shape index (κ2) is 6.75. The van der Waals surface area contributed by atoms with Gasteiger partial charge in [0.1, 0.15) is 6.04 Å². The SMILES string of the molecule is CCc1cccc2c1NC(C(=O)NC(C1CC1)C1CCCCN1)C2. The fourth-order valence-corrected chi connectivity index (χ4v) is 4.36. The normalized spacial score (nSPS) is 27.2. The lowest BCUT2D eigenvalue weighted by molar-refractivity contribution is -0.122. The van der Waals surface area contributed by atoms with Crippen molar-refractivity contribution >= 4 is 11.6 Å². The molecule has 1 saturated heterocycles. The molecule has 0 aromatic heterocycles. The highest BCUT2D eigenvalue weighted by Crippen LogP contribution is 2.36. The highest BCUT2D eigenvalue weighted by molar-refractivity contribution is 5.88. The van der Waals surface area contributed by atoms with Gasteiger partial charge in [-0.05, 0) is 55.7 Å². The van der Waals surface area contributed by atoms with Crippen molar-refractivity contribution in [3.05, 3.63) is 29.3 Å². The Morgan fingerprint density at radius 1 is 1.29 bits per heavy atom. The first-order valence-corrected chi connectivity index (χ1v) is 9.67. The number of piperidine rings is 1. The summed E-state index contributed by atoms with van der Waals surface area (Å²) in [6, 6.07) is 7.08. The topological polar surface area (TPSA) is 53.2 Å². The molecule has 4 rings (SSSR count). The number of hydrogen-bond donors (Lipinski definition) is 3. The number of carbonyl (C=O) groups excluding carboxylic acids is 1. The zero-order valence-corrected chi connectivity index (χ0v) is 14.6. The number of amides is 1. The lowest BCUT2D eigenvalue weighted by atomic mass is 9.94. The molecule has 2 aliphatic heterocycles. The molecule has 3 aliphatic rings. The summed E-state index contributed by atoms with van der Waals surface area (Å²) >= 11 is 0. The van der Waals surface area contributed by atoms with Crippen molar-refractivity contribution < 1.29 is 4.79 Å². The lowest BCUT2D eigenvalue weighted by Gasteiger charge is -2.33. The first-order chi connectivity index (χ1) is 11.8. The van der Waals surface area contributed by atoms with Crippen molar-refractivity contribution in [1.82, 2.24) is 10.6 Å². The first kappa shape index (κ1) is 15.9. The van der Waals surface area contributed by atoms with Gasteiger partial charge in [-0.1, -0.05) is 31.5 Å². The fourth-order valence-electron chi connectivity index (χ4n) is 4.36. The third-order valence-electron chi connectivity index (χ3n) is 5.90. The Hall–Kier alpha value is -1.55. The number of para-hydroxylation sites is 1. The second-order valence-electron chi connectivity index (χ2n) is 7.63. The summed E-state index contributed by atoms with van der Waals surface area (Å²) in [7, 11) is 0. The Labute approximate surface area is 144 Å². The van der Waals surface area contributed by atoms with Crippen molar-refractivity contribution in [2.75, 3.05) is 11.9 Å². The van der Waals surface area contributed by atoms with Gasteiger partial charge in [0.2, 0.25) is 5.91 Å². The third kappa shape index (κ3) is 3.16. The minimum absolute atomic E-state index is 0.113. The van der Waals surface area contributed by atoms with Gasteiger partial charge in [0, 0.05) is 24.2 Å². The van der Waals surface area contributed by atoms with E-state index in [1.807, 2.05) is 0 Å². The summed E-state index contributed by atoms with van der Waals surface area (Å²) in [5.74, 6) is 0.858. The van der Waals surface area contributed by atoms with Crippen LogP contribution in [0.5, 0.6) is 0 Å². The Kier molecular flexibility index (Phi) is 4.49. The number of hydrogen-bond acceptors (Lipinski definition) is 3. The van der Waals surface area contributed by atoms with Crippen molar-refractivity contribution in [1.29, 1.82) is 0 Å². The van der Waals surface area contributed by atoms with Gasteiger partial charge in [-0.25, -0.2) is 0 Å². The maximum atomic E-state index is 12.9. The number of anilines is 1. The Bertz CT molecular complexity index is 605. The number of carbonyl (C=O) groups is 1. The number of benzene rings is 1. The van der Waals surface area contributed by atoms with Crippen LogP contribution in [-0.2, 0) is 17.6 Å². The quantitative estimate of drug-likeness (QED) is 0.779. The predicted octanol–water partition coefficient (Wildman–Crippen LogP) is 2.62. The molecule has 2 heterocycles. The highest BCUT2D eigenvalue weighted by Gasteiger charge is 2.39. The maximum absolute atomic E-state index is 12.9. The molecule has 0 radical (unpaired) electrons. The molecular formula is C20H29N3O. The van der Waals surface area contributed by atoms with Crippen LogP contribution < -0.4 is 16.0 Å². The second-order valence-corrected chi connectivity index (χ2v) is 7.63. The van der Waals surface area contributed by atoms with E-state index in [4.69, 9.17) is 0 Å². The Morgan fingerprint density at radius 2 is 2.17 bits per heavy atom. The van der Waals surface area contributed by atoms with E-state index < -0.39 is 0 Å². The van der Waals surface area contributed by atoms with Crippen LogP contribution in [0.15, 0.2) is 18.2 Å². The van der Waals surface area contributed by atoms with E-state index >= 15 is 0 Å². The van der Waals surface area contributed by atoms with Gasteiger partial charge in [0.05, 0.1) is 0 Å². The van der Waals surface area contributed by atoms with Gasteiger partial charge in [-0.3, -0.25) is 4.79 Å². The standard InChI is InChI=1S/C20H29N3O/c1-2-13-6-5-7-15-12-17(22-18(13)15)20(24)23-19(14-9-10-14)16-8-3-4-11-21-16/h5-7,14,16-17,19,21-22H,2-4,8-12H2,1H3,(H,23,24). The average molecular weight is 327 g/mol. The lowest BCUT2D eigenvalue weighted by Crippen LogP contribution is -2.55. The van der Waals surface area contributed by atoms with Crippen LogP contribution in [0.4, 0.5) is 5.69 Å². The fraction of sp³-hybridized carbons (Fsp3) is 0.650. The van der Waals surface area contributed by atoms with Crippen LogP contribution in [0.3, 0.4) is 0 Å². The maximum Gasteiger partial charge on any atom is 0.243 e. The minimum Gasteiger partial charge on any atom is -0.373 e. The van der Waals surface area contributed by atoms with Gasteiger partial charge >= 0.3 is 0 Å². The molecule has 1 aromatic rings. The summed E-state index contributed by atoms with van der Waals surface area (Å²) in [4.78, 5) is 12.9. The van der Waals surface area contributed by atoms with Crippen LogP contribution >= 0.6 is 0 Å². The predicted molar refractivity (Wildman–Crippen MR) is 97.2 cm³/mol. The molecule has 130 valence electrons. The summed E-state index contributed by atoms with van der Waals surface area (Å²) in [5, 5.41) is 10.5. The van der Waals surface area contributed by atoms with Crippen LogP contribution in [0.25, 0.3) is 0 Å². The molecule has 4 heteroatoms. The van der Waals surface area contributed by atoms with Crippen LogP contribution in [-0.4, -0.2) is 30.6 Å². The molecule has 3 atom stereocenters. The van der Waals surface area contributed by atoms with Crippen molar-refractivity contribution in [3.8, 4) is 0 Å². The molecule has 1 aliphatic carbocycles. The molecular weight excluding hydrogens is 298 g/mol. The Balaban J connectivity index is 1.42. The Morgan fingerprint density at radius 3 is 2.88 bits per heavy atom. The van der Waals surface area contributed by atoms with Crippen molar-refractivity contribution in [2.45, 2.75) is 70.0 Å². The average Bonchev–Trinajstić information content (AvgIpc) is 3.36. The van der Waals surface area contributed by atoms with Crippen LogP contribution in [0.2, 0.25) is 0 Å². The number of fused-ring (bicyclic) bond motifs is 1. The largest absolute Gasteiger partial charge is 0.373 e.